The highest BCUT2D eigenvalue weighted by molar-refractivity contribution is 7.15. The number of morpholine rings is 1. The van der Waals surface area contributed by atoms with Crippen LogP contribution in [0.3, 0.4) is 0 Å². The van der Waals surface area contributed by atoms with Crippen LogP contribution in [0.5, 0.6) is 0 Å². The lowest BCUT2D eigenvalue weighted by Crippen LogP contribution is -2.36. The number of hydrogen-bond donors (Lipinski definition) is 0. The van der Waals surface area contributed by atoms with Crippen LogP contribution in [0.25, 0.3) is 0 Å². The molecule has 4 heterocycles. The first-order chi connectivity index (χ1) is 12.2. The molecule has 0 atom stereocenters. The van der Waals surface area contributed by atoms with Crippen molar-refractivity contribution in [3.05, 3.63) is 34.4 Å². The average molecular weight is 359 g/mol. The molecule has 0 unspecified atom stereocenters. The zero-order valence-electron chi connectivity index (χ0n) is 14.9. The summed E-state index contributed by atoms with van der Waals surface area (Å²) in [5.41, 5.74) is 2.50. The number of hydrogen-bond acceptors (Lipinski definition) is 7. The highest BCUT2D eigenvalue weighted by Gasteiger charge is 2.21. The second kappa shape index (κ2) is 7.35. The van der Waals surface area contributed by atoms with Crippen molar-refractivity contribution < 1.29 is 4.74 Å². The Morgan fingerprint density at radius 2 is 2.00 bits per heavy atom. The third-order valence-electron chi connectivity index (χ3n) is 4.75. The molecule has 0 radical (unpaired) electrons. The van der Waals surface area contributed by atoms with Crippen LogP contribution < -0.4 is 4.90 Å². The first kappa shape index (κ1) is 16.9. The van der Waals surface area contributed by atoms with Crippen molar-refractivity contribution in [2.75, 3.05) is 37.7 Å². The molecule has 0 N–H and O–H groups in total. The molecule has 7 heteroatoms. The Hall–Kier alpha value is -1.57. The predicted octanol–water partition coefficient (Wildman–Crippen LogP) is 2.45. The Morgan fingerprint density at radius 1 is 1.16 bits per heavy atom. The maximum atomic E-state index is 5.42. The molecule has 2 aliphatic heterocycles. The molecule has 0 bridgehead atoms. The topological polar surface area (TPSA) is 54.4 Å². The maximum absolute atomic E-state index is 5.42. The van der Waals surface area contributed by atoms with Gasteiger partial charge >= 0.3 is 0 Å². The van der Waals surface area contributed by atoms with Gasteiger partial charge in [0.25, 0.3) is 0 Å². The number of rotatable bonds is 4. The fourth-order valence-electron chi connectivity index (χ4n) is 3.29. The summed E-state index contributed by atoms with van der Waals surface area (Å²) in [5.74, 6) is 1.35. The van der Waals surface area contributed by atoms with E-state index in [0.717, 1.165) is 63.3 Å². The van der Waals surface area contributed by atoms with Gasteiger partial charge in [-0.25, -0.2) is 15.0 Å². The molecule has 0 aromatic carbocycles. The lowest BCUT2D eigenvalue weighted by atomic mass is 10.1. The van der Waals surface area contributed by atoms with Crippen LogP contribution in [0, 0.1) is 0 Å². The van der Waals surface area contributed by atoms with E-state index in [1.165, 1.54) is 16.1 Å². The fraction of sp³-hybridized carbons (Fsp3) is 0.611. The van der Waals surface area contributed by atoms with Crippen LogP contribution >= 0.6 is 11.3 Å². The number of anilines is 1. The lowest BCUT2D eigenvalue weighted by Gasteiger charge is -2.28. The molecule has 1 fully saturated rings. The largest absolute Gasteiger partial charge is 0.378 e. The van der Waals surface area contributed by atoms with Gasteiger partial charge in [-0.15, -0.1) is 11.3 Å². The van der Waals surface area contributed by atoms with Crippen molar-refractivity contribution in [3.8, 4) is 0 Å². The molecule has 0 amide bonds. The monoisotopic (exact) mass is 359 g/mol. The van der Waals surface area contributed by atoms with Crippen LogP contribution in [-0.4, -0.2) is 52.7 Å². The molecular weight excluding hydrogens is 334 g/mol. The zero-order chi connectivity index (χ0) is 17.2. The van der Waals surface area contributed by atoms with Crippen molar-refractivity contribution >= 4 is 16.5 Å². The summed E-state index contributed by atoms with van der Waals surface area (Å²) in [6.07, 6.45) is 5.06. The van der Waals surface area contributed by atoms with E-state index in [9.17, 15) is 0 Å². The van der Waals surface area contributed by atoms with Crippen LogP contribution in [-0.2, 0) is 24.2 Å². The van der Waals surface area contributed by atoms with Crippen LogP contribution in [0.15, 0.2) is 12.4 Å². The Labute approximate surface area is 152 Å². The highest BCUT2D eigenvalue weighted by Crippen LogP contribution is 2.26. The summed E-state index contributed by atoms with van der Waals surface area (Å²) < 4.78 is 5.42. The van der Waals surface area contributed by atoms with Gasteiger partial charge in [0.05, 0.1) is 13.2 Å². The summed E-state index contributed by atoms with van der Waals surface area (Å²) in [7, 11) is 0. The van der Waals surface area contributed by atoms with E-state index in [4.69, 9.17) is 9.72 Å². The first-order valence-corrected chi connectivity index (χ1v) is 9.85. The van der Waals surface area contributed by atoms with E-state index in [-0.39, 0.29) is 0 Å². The average Bonchev–Trinajstić information content (AvgIpc) is 3.10. The minimum atomic E-state index is 0.388. The van der Waals surface area contributed by atoms with E-state index >= 15 is 0 Å². The SMILES string of the molecule is CC(C)c1ncc2c(n1)CCN(Cc1cnc(N3CCOCC3)s1)C2. The van der Waals surface area contributed by atoms with Crippen LogP contribution in [0.1, 0.15) is 41.7 Å². The van der Waals surface area contributed by atoms with Gasteiger partial charge in [-0.2, -0.15) is 0 Å². The minimum Gasteiger partial charge on any atom is -0.378 e. The summed E-state index contributed by atoms with van der Waals surface area (Å²) in [6, 6.07) is 0. The third-order valence-corrected chi connectivity index (χ3v) is 5.79. The quantitative estimate of drug-likeness (QED) is 0.836. The summed E-state index contributed by atoms with van der Waals surface area (Å²) in [5, 5.41) is 1.13. The molecule has 2 aliphatic rings. The van der Waals surface area contributed by atoms with E-state index in [0.29, 0.717) is 5.92 Å². The molecule has 6 nitrogen and oxygen atoms in total. The Morgan fingerprint density at radius 3 is 2.80 bits per heavy atom. The zero-order valence-corrected chi connectivity index (χ0v) is 15.8. The van der Waals surface area contributed by atoms with Crippen molar-refractivity contribution in [1.29, 1.82) is 0 Å². The Bertz CT molecular complexity index is 726. The van der Waals surface area contributed by atoms with E-state index in [1.54, 1.807) is 0 Å². The van der Waals surface area contributed by atoms with Crippen molar-refractivity contribution in [2.24, 2.45) is 0 Å². The smallest absolute Gasteiger partial charge is 0.185 e. The van der Waals surface area contributed by atoms with Gasteiger partial charge in [0, 0.05) is 73.6 Å². The number of nitrogens with zero attached hydrogens (tertiary/aromatic N) is 5. The van der Waals surface area contributed by atoms with Gasteiger partial charge in [-0.3, -0.25) is 4.90 Å². The van der Waals surface area contributed by atoms with Crippen LogP contribution in [0.2, 0.25) is 0 Å². The number of thiazole rings is 1. The maximum Gasteiger partial charge on any atom is 0.185 e. The summed E-state index contributed by atoms with van der Waals surface area (Å²) in [6.45, 7) is 10.7. The second-order valence-corrected chi connectivity index (χ2v) is 8.12. The van der Waals surface area contributed by atoms with Gasteiger partial charge in [-0.1, -0.05) is 13.8 Å². The Kier molecular flexibility index (Phi) is 4.96. The van der Waals surface area contributed by atoms with Crippen molar-refractivity contribution in [1.82, 2.24) is 19.9 Å². The highest BCUT2D eigenvalue weighted by atomic mass is 32.1. The van der Waals surface area contributed by atoms with Crippen molar-refractivity contribution in [2.45, 2.75) is 39.3 Å². The van der Waals surface area contributed by atoms with Gasteiger partial charge in [-0.05, 0) is 0 Å². The predicted molar refractivity (Wildman–Crippen MR) is 99.1 cm³/mol. The molecule has 25 heavy (non-hydrogen) atoms. The molecule has 1 saturated heterocycles. The summed E-state index contributed by atoms with van der Waals surface area (Å²) in [4.78, 5) is 20.0. The third kappa shape index (κ3) is 3.83. The molecule has 4 rings (SSSR count). The fourth-order valence-corrected chi connectivity index (χ4v) is 4.30. The van der Waals surface area contributed by atoms with Gasteiger partial charge in [0.15, 0.2) is 5.13 Å². The molecule has 2 aromatic heterocycles. The van der Waals surface area contributed by atoms with E-state index < -0.39 is 0 Å². The molecule has 0 saturated carbocycles. The normalized spacial score (nSPS) is 18.6. The molecular formula is C18H25N5OS. The minimum absolute atomic E-state index is 0.388. The lowest BCUT2D eigenvalue weighted by molar-refractivity contribution is 0.122. The number of aromatic nitrogens is 3. The standard InChI is InChI=1S/C18H25N5OS/c1-13(2)17-19-9-14-11-22(4-3-16(14)21-17)12-15-10-20-18(25-15)23-5-7-24-8-6-23/h9-10,13H,3-8,11-12H2,1-2H3. The molecule has 0 aliphatic carbocycles. The van der Waals surface area contributed by atoms with Gasteiger partial charge in [0.1, 0.15) is 5.82 Å². The number of fused-ring (bicyclic) bond motifs is 1. The van der Waals surface area contributed by atoms with Gasteiger partial charge in [0.2, 0.25) is 0 Å². The molecule has 0 spiro atoms. The summed E-state index contributed by atoms with van der Waals surface area (Å²) >= 11 is 1.81. The van der Waals surface area contributed by atoms with E-state index in [2.05, 4.69) is 33.6 Å². The second-order valence-electron chi connectivity index (χ2n) is 7.02. The van der Waals surface area contributed by atoms with Crippen LogP contribution in [0.4, 0.5) is 5.13 Å². The molecule has 2 aromatic rings. The van der Waals surface area contributed by atoms with Crippen molar-refractivity contribution in [3.63, 3.8) is 0 Å². The molecule has 134 valence electrons. The first-order valence-electron chi connectivity index (χ1n) is 9.03. The van der Waals surface area contributed by atoms with Gasteiger partial charge < -0.3 is 9.64 Å². The van der Waals surface area contributed by atoms with E-state index in [1.807, 2.05) is 23.7 Å². The number of ether oxygens (including phenoxy) is 1. The Balaban J connectivity index is 1.40.